The summed E-state index contributed by atoms with van der Waals surface area (Å²) in [4.78, 5) is 29.1. The molecule has 0 heterocycles. The quantitative estimate of drug-likeness (QED) is 0.284. The average molecular weight is 580 g/mol. The van der Waals surface area contributed by atoms with Crippen LogP contribution in [0, 0.1) is 12.8 Å². The number of anilines is 1. The summed E-state index contributed by atoms with van der Waals surface area (Å²) in [6.07, 6.45) is 0.364. The highest BCUT2D eigenvalue weighted by atomic mass is 32.2. The summed E-state index contributed by atoms with van der Waals surface area (Å²) < 4.78 is 34.9. The van der Waals surface area contributed by atoms with Crippen LogP contribution < -0.4 is 14.4 Å². The molecule has 0 aliphatic carbocycles. The van der Waals surface area contributed by atoms with E-state index >= 15 is 0 Å². The van der Waals surface area contributed by atoms with E-state index in [9.17, 15) is 18.0 Å². The third-order valence-corrected chi connectivity index (χ3v) is 8.32. The summed E-state index contributed by atoms with van der Waals surface area (Å²) in [7, 11) is -4.17. The van der Waals surface area contributed by atoms with Gasteiger partial charge in [0.1, 0.15) is 18.3 Å². The Kier molecular flexibility index (Phi) is 11.3. The molecule has 3 aromatic rings. The summed E-state index contributed by atoms with van der Waals surface area (Å²) in [5.41, 5.74) is 2.12. The van der Waals surface area contributed by atoms with Gasteiger partial charge in [0.25, 0.3) is 10.0 Å². The number of para-hydroxylation sites is 2. The molecule has 0 spiro atoms. The number of rotatable bonds is 14. The predicted molar refractivity (Wildman–Crippen MR) is 162 cm³/mol. The van der Waals surface area contributed by atoms with Crippen LogP contribution in [-0.2, 0) is 26.2 Å². The molecule has 0 aromatic heterocycles. The summed E-state index contributed by atoms with van der Waals surface area (Å²) in [5.74, 6) is -0.188. The SMILES string of the molecule is CCOc1ccccc1N(CC(=O)N(Cc1cccc(C)c1)[C@H](CC)C(=O)NCC(C)C)S(=O)(=O)c1ccccc1. The third-order valence-electron chi connectivity index (χ3n) is 6.55. The lowest BCUT2D eigenvalue weighted by atomic mass is 10.1. The average Bonchev–Trinajstić information content (AvgIpc) is 2.95. The Morgan fingerprint density at radius 2 is 1.61 bits per heavy atom. The molecular formula is C32H41N3O5S. The first-order valence-electron chi connectivity index (χ1n) is 14.0. The second kappa shape index (κ2) is 14.7. The highest BCUT2D eigenvalue weighted by Crippen LogP contribution is 2.33. The van der Waals surface area contributed by atoms with E-state index < -0.39 is 28.5 Å². The van der Waals surface area contributed by atoms with Crippen molar-refractivity contribution in [1.29, 1.82) is 0 Å². The fourth-order valence-corrected chi connectivity index (χ4v) is 5.97. The molecule has 0 saturated carbocycles. The maximum absolute atomic E-state index is 14.2. The van der Waals surface area contributed by atoms with Crippen molar-refractivity contribution in [3.63, 3.8) is 0 Å². The minimum absolute atomic E-state index is 0.0473. The molecule has 0 bridgehead atoms. The van der Waals surface area contributed by atoms with Gasteiger partial charge >= 0.3 is 0 Å². The molecule has 220 valence electrons. The number of carbonyl (C=O) groups is 2. The van der Waals surface area contributed by atoms with Crippen molar-refractivity contribution in [3.05, 3.63) is 90.0 Å². The molecule has 3 aromatic carbocycles. The molecule has 0 aliphatic rings. The lowest BCUT2D eigenvalue weighted by Gasteiger charge is -2.33. The lowest BCUT2D eigenvalue weighted by molar-refractivity contribution is -0.140. The van der Waals surface area contributed by atoms with Crippen molar-refractivity contribution in [3.8, 4) is 5.75 Å². The van der Waals surface area contributed by atoms with E-state index in [1.165, 1.54) is 17.0 Å². The van der Waals surface area contributed by atoms with Gasteiger partial charge in [0.05, 0.1) is 17.2 Å². The van der Waals surface area contributed by atoms with Gasteiger partial charge in [0, 0.05) is 13.1 Å². The van der Waals surface area contributed by atoms with Crippen LogP contribution in [0.15, 0.2) is 83.8 Å². The maximum Gasteiger partial charge on any atom is 0.264 e. The Morgan fingerprint density at radius 1 is 0.927 bits per heavy atom. The van der Waals surface area contributed by atoms with Crippen molar-refractivity contribution >= 4 is 27.5 Å². The van der Waals surface area contributed by atoms with E-state index in [-0.39, 0.29) is 29.0 Å². The molecule has 1 N–H and O–H groups in total. The van der Waals surface area contributed by atoms with E-state index in [0.29, 0.717) is 25.3 Å². The second-order valence-corrected chi connectivity index (χ2v) is 12.2. The van der Waals surface area contributed by atoms with E-state index in [1.807, 2.05) is 58.9 Å². The number of aryl methyl sites for hydroxylation is 1. The number of benzene rings is 3. The van der Waals surface area contributed by atoms with Gasteiger partial charge in [0.2, 0.25) is 11.8 Å². The Bertz CT molecular complexity index is 1410. The van der Waals surface area contributed by atoms with Gasteiger partial charge in [0.15, 0.2) is 0 Å². The lowest BCUT2D eigenvalue weighted by Crippen LogP contribution is -2.52. The molecule has 41 heavy (non-hydrogen) atoms. The smallest absolute Gasteiger partial charge is 0.264 e. The molecule has 0 aliphatic heterocycles. The molecule has 0 fully saturated rings. The monoisotopic (exact) mass is 579 g/mol. The minimum atomic E-state index is -4.17. The second-order valence-electron chi connectivity index (χ2n) is 10.3. The zero-order valence-corrected chi connectivity index (χ0v) is 25.4. The van der Waals surface area contributed by atoms with Gasteiger partial charge in [-0.3, -0.25) is 13.9 Å². The van der Waals surface area contributed by atoms with Crippen molar-refractivity contribution in [2.75, 3.05) is 24.0 Å². The Hall–Kier alpha value is -3.85. The Labute approximate surface area is 244 Å². The number of carbonyl (C=O) groups excluding carboxylic acids is 2. The topological polar surface area (TPSA) is 96.0 Å². The molecule has 3 rings (SSSR count). The predicted octanol–water partition coefficient (Wildman–Crippen LogP) is 5.17. The van der Waals surface area contributed by atoms with Gasteiger partial charge in [-0.15, -0.1) is 0 Å². The van der Waals surface area contributed by atoms with Crippen molar-refractivity contribution in [2.45, 2.75) is 58.5 Å². The summed E-state index contributed by atoms with van der Waals surface area (Å²) in [6, 6.07) is 21.7. The van der Waals surface area contributed by atoms with Crippen LogP contribution in [0.2, 0.25) is 0 Å². The molecule has 8 nitrogen and oxygen atoms in total. The van der Waals surface area contributed by atoms with E-state index in [2.05, 4.69) is 5.32 Å². The largest absolute Gasteiger partial charge is 0.492 e. The van der Waals surface area contributed by atoms with E-state index in [4.69, 9.17) is 4.74 Å². The van der Waals surface area contributed by atoms with E-state index in [0.717, 1.165) is 15.4 Å². The molecule has 0 saturated heterocycles. The molecule has 1 atom stereocenters. The van der Waals surface area contributed by atoms with Crippen LogP contribution in [0.3, 0.4) is 0 Å². The first-order valence-corrected chi connectivity index (χ1v) is 15.4. The molecule has 0 radical (unpaired) electrons. The van der Waals surface area contributed by atoms with E-state index in [1.54, 1.807) is 42.5 Å². The van der Waals surface area contributed by atoms with Gasteiger partial charge in [-0.2, -0.15) is 0 Å². The molecular weight excluding hydrogens is 538 g/mol. The number of hydrogen-bond acceptors (Lipinski definition) is 5. The number of nitrogens with one attached hydrogen (secondary N) is 1. The first-order chi connectivity index (χ1) is 19.6. The van der Waals surface area contributed by atoms with Gasteiger partial charge in [-0.25, -0.2) is 8.42 Å². The molecule has 9 heteroatoms. The fraction of sp³-hybridized carbons (Fsp3) is 0.375. The van der Waals surface area contributed by atoms with Crippen LogP contribution in [0.5, 0.6) is 5.75 Å². The van der Waals surface area contributed by atoms with Gasteiger partial charge < -0.3 is 15.0 Å². The maximum atomic E-state index is 14.2. The third kappa shape index (κ3) is 8.33. The van der Waals surface area contributed by atoms with Crippen LogP contribution in [0.4, 0.5) is 5.69 Å². The standard InChI is InChI=1S/C32H41N3O5S/c1-6-28(32(37)33-21-24(3)4)34(22-26-15-13-14-25(5)20-26)31(36)23-35(29-18-11-12-19-30(29)40-7-2)41(38,39)27-16-9-8-10-17-27/h8-20,24,28H,6-7,21-23H2,1-5H3,(H,33,37)/t28-/m1/s1. The summed E-state index contributed by atoms with van der Waals surface area (Å²) in [5, 5.41) is 2.95. The molecule has 0 unspecified atom stereocenters. The number of sulfonamides is 1. The number of amides is 2. The summed E-state index contributed by atoms with van der Waals surface area (Å²) in [6.45, 7) is 10.0. The van der Waals surface area contributed by atoms with Crippen LogP contribution in [0.1, 0.15) is 45.2 Å². The summed E-state index contributed by atoms with van der Waals surface area (Å²) >= 11 is 0. The van der Waals surface area contributed by atoms with Crippen LogP contribution in [0.25, 0.3) is 0 Å². The molecule has 2 amide bonds. The number of ether oxygens (including phenoxy) is 1. The first kappa shape index (κ1) is 31.7. The fourth-order valence-electron chi connectivity index (χ4n) is 4.52. The Balaban J connectivity index is 2.09. The zero-order valence-electron chi connectivity index (χ0n) is 24.5. The van der Waals surface area contributed by atoms with Crippen LogP contribution in [-0.4, -0.2) is 50.9 Å². The van der Waals surface area contributed by atoms with Gasteiger partial charge in [-0.05, 0) is 56.0 Å². The number of nitrogens with zero attached hydrogens (tertiary/aromatic N) is 2. The van der Waals surface area contributed by atoms with Gasteiger partial charge in [-0.1, -0.05) is 80.9 Å². The highest BCUT2D eigenvalue weighted by Gasteiger charge is 2.34. The van der Waals surface area contributed by atoms with Crippen molar-refractivity contribution < 1.29 is 22.7 Å². The van der Waals surface area contributed by atoms with Crippen LogP contribution >= 0.6 is 0 Å². The van der Waals surface area contributed by atoms with Crippen molar-refractivity contribution in [1.82, 2.24) is 10.2 Å². The number of hydrogen-bond donors (Lipinski definition) is 1. The minimum Gasteiger partial charge on any atom is -0.492 e. The van der Waals surface area contributed by atoms with Crippen molar-refractivity contribution in [2.24, 2.45) is 5.92 Å². The zero-order chi connectivity index (χ0) is 30.0. The normalized spacial score (nSPS) is 12.0. The Morgan fingerprint density at radius 3 is 2.24 bits per heavy atom. The highest BCUT2D eigenvalue weighted by molar-refractivity contribution is 7.92.